The molecule has 0 unspecified atom stereocenters. The maximum absolute atomic E-state index is 14.5. The van der Waals surface area contributed by atoms with Gasteiger partial charge in [0.05, 0.1) is 75.2 Å². The van der Waals surface area contributed by atoms with E-state index in [1.165, 1.54) is 58.8 Å². The lowest BCUT2D eigenvalue weighted by molar-refractivity contribution is -0.117. The van der Waals surface area contributed by atoms with Crippen LogP contribution >= 0.6 is 46.4 Å². The van der Waals surface area contributed by atoms with Crippen LogP contribution in [0.2, 0.25) is 38.2 Å². The minimum absolute atomic E-state index is 0.0520. The van der Waals surface area contributed by atoms with E-state index < -0.39 is 43.6 Å². The molecule has 0 aliphatic heterocycles. The van der Waals surface area contributed by atoms with E-state index in [1.807, 2.05) is 0 Å². The highest BCUT2D eigenvalue weighted by Crippen LogP contribution is 2.48. The van der Waals surface area contributed by atoms with E-state index >= 15 is 0 Å². The van der Waals surface area contributed by atoms with E-state index in [-0.39, 0.29) is 96.8 Å². The molecule has 2 aromatic heterocycles. The Morgan fingerprint density at radius 1 is 0.600 bits per heavy atom. The first kappa shape index (κ1) is 77.1. The maximum Gasteiger partial charge on any atom is 0.423 e. The summed E-state index contributed by atoms with van der Waals surface area (Å²) in [6.07, 6.45) is 2.93. The minimum Gasteiger partial charge on any atom is -0.495 e. The van der Waals surface area contributed by atoms with Crippen molar-refractivity contribution >= 4 is 131 Å². The molecular weight excluding hydrogens is 1330 g/mol. The fourth-order valence-corrected chi connectivity index (χ4v) is 10.6. The number of nitrogens with zero attached hydrogens (tertiary/aromatic N) is 8. The number of urea groups is 1. The van der Waals surface area contributed by atoms with Crippen LogP contribution in [0.1, 0.15) is 90.3 Å². The summed E-state index contributed by atoms with van der Waals surface area (Å²) in [4.78, 5) is 102. The number of carbonyl (C=O) groups excluding carboxylic acids is 6. The highest BCUT2D eigenvalue weighted by molar-refractivity contribution is 6.74. The summed E-state index contributed by atoms with van der Waals surface area (Å²) in [5.74, 6) is -0.264. The number of aromatic nitrogens is 4. The number of halogens is 4. The van der Waals surface area contributed by atoms with Gasteiger partial charge in [-0.15, -0.1) is 0 Å². The van der Waals surface area contributed by atoms with Gasteiger partial charge in [0.1, 0.15) is 80.0 Å². The first-order valence-corrected chi connectivity index (χ1v) is 33.6. The zero-order chi connectivity index (χ0) is 71.2. The summed E-state index contributed by atoms with van der Waals surface area (Å²) in [5.41, 5.74) is 1.69. The zero-order valence-corrected chi connectivity index (χ0v) is 60.2. The smallest absolute Gasteiger partial charge is 0.423 e. The third kappa shape index (κ3) is 20.0. The molecule has 510 valence electrons. The van der Waals surface area contributed by atoms with Gasteiger partial charge in [0.15, 0.2) is 8.32 Å². The van der Waals surface area contributed by atoms with E-state index in [0.29, 0.717) is 51.1 Å². The third-order valence-corrected chi connectivity index (χ3v) is 20.4. The number of anilines is 7. The highest BCUT2D eigenvalue weighted by atomic mass is 35.5. The Hall–Kier alpha value is -8.56. The molecule has 24 nitrogen and oxygen atoms in total. The average molecular weight is 1410 g/mol. The van der Waals surface area contributed by atoms with Crippen molar-refractivity contribution in [3.8, 4) is 23.0 Å². The molecule has 0 aliphatic rings. The standard InChI is InChI=1S/C40H54Cl2N6O9Si.C26H26Cl2N4O5/c1-16-31(49)45-25-19-24(22-55-58(14,15)40(8,9)10)17-18-26(25)47(36(51)56-38(2,3)4)30-21-29(43-23-44-30)46(11)35(50)48(37(52)57-39(5,6)7)34-32(41)27(53-12)20-28(54-13)33(34)42;1-5-23(34)31-19-8-15(13-33)6-7-16(19)9-17-10-22(30-14-29-17)32(2)24(35)11-18-25(27)20(36-3)12-21(37-4)26(18)28/h16-21,23H,1,22H2,2-15H3,(H,45,49);5-8,10,12,14,33H,1,9,11,13H2,2-4H3,(H,31,34). The summed E-state index contributed by atoms with van der Waals surface area (Å²) in [7, 11) is 6.35. The Morgan fingerprint density at radius 2 is 1.07 bits per heavy atom. The Morgan fingerprint density at radius 3 is 1.58 bits per heavy atom. The van der Waals surface area contributed by atoms with Crippen molar-refractivity contribution in [2.45, 2.75) is 118 Å². The first-order chi connectivity index (χ1) is 44.4. The number of methoxy groups -OCH3 is 4. The van der Waals surface area contributed by atoms with Gasteiger partial charge in [-0.05, 0) is 107 Å². The number of carbonyl (C=O) groups is 6. The summed E-state index contributed by atoms with van der Waals surface area (Å²) in [6, 6.07) is 15.2. The molecule has 0 bridgehead atoms. The highest BCUT2D eigenvalue weighted by Gasteiger charge is 2.39. The minimum atomic E-state index is -2.17. The molecular formula is C66H80Cl4N10O14Si. The topological polar surface area (TPSA) is 276 Å². The Kier molecular flexibility index (Phi) is 26.6. The van der Waals surface area contributed by atoms with Crippen molar-refractivity contribution < 1.29 is 66.7 Å². The second-order valence-electron chi connectivity index (χ2n) is 24.5. The fourth-order valence-electron chi connectivity index (χ4n) is 8.31. The molecule has 29 heteroatoms. The van der Waals surface area contributed by atoms with Crippen LogP contribution in [-0.4, -0.2) is 123 Å². The Labute approximate surface area is 574 Å². The number of likely N-dealkylation sites (N-methyl/N-ethyl adjacent to an activating group) is 1. The van der Waals surface area contributed by atoms with Crippen LogP contribution in [0, 0.1) is 0 Å². The van der Waals surface area contributed by atoms with E-state index in [9.17, 15) is 33.9 Å². The number of imide groups is 1. The van der Waals surface area contributed by atoms with Crippen molar-refractivity contribution in [3.63, 3.8) is 0 Å². The van der Waals surface area contributed by atoms with Crippen LogP contribution in [0.4, 0.5) is 54.6 Å². The van der Waals surface area contributed by atoms with E-state index in [4.69, 9.17) is 79.3 Å². The fraction of sp³-hybridized carbons (Fsp3) is 0.364. The lowest BCUT2D eigenvalue weighted by Gasteiger charge is -2.36. The van der Waals surface area contributed by atoms with Gasteiger partial charge >= 0.3 is 18.2 Å². The number of aliphatic hydroxyl groups excluding tert-OH is 1. The van der Waals surface area contributed by atoms with Crippen molar-refractivity contribution in [1.82, 2.24) is 19.9 Å². The van der Waals surface area contributed by atoms with Gasteiger partial charge in [-0.2, -0.15) is 4.90 Å². The molecule has 4 aromatic carbocycles. The number of benzene rings is 4. The predicted octanol–water partition coefficient (Wildman–Crippen LogP) is 14.7. The van der Waals surface area contributed by atoms with Gasteiger partial charge in [0.25, 0.3) is 0 Å². The van der Waals surface area contributed by atoms with Gasteiger partial charge in [-0.25, -0.2) is 39.2 Å². The van der Waals surface area contributed by atoms with Crippen molar-refractivity contribution in [2.75, 3.05) is 72.8 Å². The SMILES string of the molecule is C=CC(=O)Nc1cc(CO)ccc1Cc1cc(N(C)C(=O)Cc2c(Cl)c(OC)cc(OC)c2Cl)ncn1.C=CC(=O)Nc1cc(CO[Si](C)(C)C(C)(C)C)ccc1N(C(=O)OC(C)(C)C)c1cc(N(C)C(=O)N(C(=O)OC(C)(C)C)c2c(Cl)c(OC)cc(OC)c2Cl)ncn1. The molecule has 6 aromatic rings. The van der Waals surface area contributed by atoms with Crippen molar-refractivity contribution in [1.29, 1.82) is 0 Å². The van der Waals surface area contributed by atoms with Gasteiger partial charge in [0, 0.05) is 56.0 Å². The van der Waals surface area contributed by atoms with Crippen LogP contribution in [0.15, 0.2) is 98.6 Å². The Balaban J connectivity index is 0.000000379. The van der Waals surface area contributed by atoms with Crippen LogP contribution < -0.4 is 49.2 Å². The largest absolute Gasteiger partial charge is 0.495 e. The molecule has 0 aliphatic carbocycles. The molecule has 3 N–H and O–H groups in total. The molecule has 2 heterocycles. The second kappa shape index (κ2) is 32.7. The molecule has 6 rings (SSSR count). The van der Waals surface area contributed by atoms with Gasteiger partial charge in [-0.3, -0.25) is 24.2 Å². The van der Waals surface area contributed by atoms with E-state index in [2.05, 4.69) is 77.6 Å². The number of nitrogens with one attached hydrogen (secondary N) is 2. The van der Waals surface area contributed by atoms with Gasteiger partial charge in [-0.1, -0.05) is 98.5 Å². The number of ether oxygens (including phenoxy) is 6. The number of aliphatic hydroxyl groups is 1. The lowest BCUT2D eigenvalue weighted by atomic mass is 10.0. The van der Waals surface area contributed by atoms with Gasteiger partial charge in [0.2, 0.25) is 17.7 Å². The first-order valence-electron chi connectivity index (χ1n) is 29.2. The normalized spacial score (nSPS) is 11.4. The van der Waals surface area contributed by atoms with Crippen LogP contribution in [0.5, 0.6) is 23.0 Å². The lowest BCUT2D eigenvalue weighted by Crippen LogP contribution is -2.48. The van der Waals surface area contributed by atoms with Crippen LogP contribution in [0.25, 0.3) is 0 Å². The molecule has 0 saturated heterocycles. The summed E-state index contributed by atoms with van der Waals surface area (Å²) >= 11 is 26.2. The number of amides is 7. The van der Waals surface area contributed by atoms with Crippen molar-refractivity contribution in [2.24, 2.45) is 0 Å². The number of rotatable bonds is 21. The summed E-state index contributed by atoms with van der Waals surface area (Å²) < 4.78 is 39.2. The average Bonchev–Trinajstić information content (AvgIpc) is 0.781. The van der Waals surface area contributed by atoms with Crippen LogP contribution in [0.3, 0.4) is 0 Å². The molecule has 95 heavy (non-hydrogen) atoms. The summed E-state index contributed by atoms with van der Waals surface area (Å²) in [5, 5.41) is 15.0. The van der Waals surface area contributed by atoms with E-state index in [0.717, 1.165) is 39.4 Å². The van der Waals surface area contributed by atoms with Gasteiger partial charge < -0.3 is 48.6 Å². The monoisotopic (exact) mass is 1400 g/mol. The predicted molar refractivity (Wildman–Crippen MR) is 372 cm³/mol. The van der Waals surface area contributed by atoms with Crippen LogP contribution in [-0.2, 0) is 54.3 Å². The Bertz CT molecular complexity index is 3800. The summed E-state index contributed by atoms with van der Waals surface area (Å²) in [6.45, 7) is 27.7. The molecule has 0 radical (unpaired) electrons. The van der Waals surface area contributed by atoms with E-state index in [1.54, 1.807) is 97.1 Å². The molecule has 0 fully saturated rings. The second-order valence-corrected chi connectivity index (χ2v) is 30.8. The number of hydrogen-bond donors (Lipinski definition) is 3. The molecule has 7 amide bonds. The third-order valence-electron chi connectivity index (χ3n) is 14.4. The number of hydrogen-bond acceptors (Lipinski definition) is 18. The quantitative estimate of drug-likeness (QED) is 0.0446. The van der Waals surface area contributed by atoms with Crippen molar-refractivity contribution in [3.05, 3.63) is 147 Å². The molecule has 0 saturated carbocycles. The molecule has 0 atom stereocenters. The zero-order valence-electron chi connectivity index (χ0n) is 56.2. The maximum atomic E-state index is 14.5. The molecule has 0 spiro atoms.